The van der Waals surface area contributed by atoms with E-state index < -0.39 is 6.10 Å². The minimum absolute atomic E-state index is 0.368. The molecule has 0 aliphatic rings. The highest BCUT2D eigenvalue weighted by Gasteiger charge is 2.15. The number of ether oxygens (including phenoxy) is 1. The van der Waals surface area contributed by atoms with E-state index in [9.17, 15) is 5.11 Å². The van der Waals surface area contributed by atoms with Crippen molar-refractivity contribution in [3.63, 3.8) is 0 Å². The summed E-state index contributed by atoms with van der Waals surface area (Å²) in [6.45, 7) is 4.07. The van der Waals surface area contributed by atoms with Gasteiger partial charge in [-0.05, 0) is 19.9 Å². The molecule has 1 atom stereocenters. The van der Waals surface area contributed by atoms with E-state index in [-0.39, 0.29) is 0 Å². The first kappa shape index (κ1) is 12.6. The molecule has 0 bridgehead atoms. The van der Waals surface area contributed by atoms with Crippen LogP contribution in [-0.2, 0) is 6.54 Å². The molecule has 0 spiro atoms. The number of nitrogens with zero attached hydrogens (tertiary/aromatic N) is 3. The van der Waals surface area contributed by atoms with Crippen molar-refractivity contribution in [2.45, 2.75) is 26.5 Å². The van der Waals surface area contributed by atoms with Crippen LogP contribution in [0, 0.1) is 13.8 Å². The van der Waals surface area contributed by atoms with Gasteiger partial charge in [0.1, 0.15) is 23.5 Å². The maximum Gasteiger partial charge on any atom is 0.147 e. The van der Waals surface area contributed by atoms with Crippen molar-refractivity contribution < 1.29 is 9.84 Å². The van der Waals surface area contributed by atoms with Crippen LogP contribution < -0.4 is 4.74 Å². The Balaban J connectivity index is 2.21. The summed E-state index contributed by atoms with van der Waals surface area (Å²) in [5, 5.41) is 14.5. The number of benzene rings is 1. The van der Waals surface area contributed by atoms with Gasteiger partial charge in [-0.1, -0.05) is 18.2 Å². The molecule has 1 aromatic carbocycles. The number of para-hydroxylation sites is 1. The molecular weight excluding hydrogens is 230 g/mol. The van der Waals surface area contributed by atoms with Crippen LogP contribution in [0.25, 0.3) is 0 Å². The summed E-state index contributed by atoms with van der Waals surface area (Å²) in [7, 11) is 1.59. The second-order valence-corrected chi connectivity index (χ2v) is 4.15. The number of aryl methyl sites for hydroxylation is 2. The van der Waals surface area contributed by atoms with Gasteiger partial charge in [-0.15, -0.1) is 0 Å². The predicted molar refractivity (Wildman–Crippen MR) is 67.4 cm³/mol. The molecule has 0 aliphatic carbocycles. The van der Waals surface area contributed by atoms with Crippen LogP contribution in [0.2, 0.25) is 0 Å². The average molecular weight is 247 g/mol. The van der Waals surface area contributed by atoms with Crippen LogP contribution in [-0.4, -0.2) is 27.0 Å². The van der Waals surface area contributed by atoms with E-state index in [1.165, 1.54) is 0 Å². The van der Waals surface area contributed by atoms with Gasteiger partial charge in [0.05, 0.1) is 13.7 Å². The van der Waals surface area contributed by atoms with E-state index in [2.05, 4.69) is 10.1 Å². The minimum Gasteiger partial charge on any atom is -0.496 e. The lowest BCUT2D eigenvalue weighted by molar-refractivity contribution is 0.146. The molecule has 2 aromatic rings. The second kappa shape index (κ2) is 5.18. The third-order valence-electron chi connectivity index (χ3n) is 2.81. The zero-order chi connectivity index (χ0) is 13.1. The molecule has 0 amide bonds. The molecule has 96 valence electrons. The Labute approximate surface area is 106 Å². The second-order valence-electron chi connectivity index (χ2n) is 4.15. The average Bonchev–Trinajstić information content (AvgIpc) is 2.67. The minimum atomic E-state index is -0.666. The fourth-order valence-electron chi connectivity index (χ4n) is 1.94. The molecule has 0 fully saturated rings. The molecule has 5 nitrogen and oxygen atoms in total. The summed E-state index contributed by atoms with van der Waals surface area (Å²) in [6.07, 6.45) is -0.666. The standard InChI is InChI=1S/C13H17N3O2/c1-9-14-10(2)16(15-9)8-12(17)11-6-4-5-7-13(11)18-3/h4-7,12,17H,8H2,1-3H3. The molecule has 1 unspecified atom stereocenters. The maximum atomic E-state index is 10.3. The van der Waals surface area contributed by atoms with Crippen molar-refractivity contribution in [1.82, 2.24) is 14.8 Å². The van der Waals surface area contributed by atoms with E-state index in [4.69, 9.17) is 4.74 Å². The van der Waals surface area contributed by atoms with Crippen LogP contribution in [0.1, 0.15) is 23.3 Å². The number of methoxy groups -OCH3 is 1. The first-order valence-electron chi connectivity index (χ1n) is 5.81. The topological polar surface area (TPSA) is 60.2 Å². The summed E-state index contributed by atoms with van der Waals surface area (Å²) < 4.78 is 6.94. The van der Waals surface area contributed by atoms with Crippen molar-refractivity contribution in [3.05, 3.63) is 41.5 Å². The van der Waals surface area contributed by atoms with Gasteiger partial charge < -0.3 is 9.84 Å². The molecular formula is C13H17N3O2. The van der Waals surface area contributed by atoms with Crippen molar-refractivity contribution in [1.29, 1.82) is 0 Å². The van der Waals surface area contributed by atoms with Gasteiger partial charge in [-0.2, -0.15) is 5.10 Å². The Morgan fingerprint density at radius 1 is 1.33 bits per heavy atom. The number of hydrogen-bond donors (Lipinski definition) is 1. The summed E-state index contributed by atoms with van der Waals surface area (Å²) in [6, 6.07) is 7.43. The number of hydrogen-bond acceptors (Lipinski definition) is 4. The van der Waals surface area contributed by atoms with Gasteiger partial charge in [0, 0.05) is 5.56 Å². The molecule has 1 aromatic heterocycles. The Morgan fingerprint density at radius 2 is 2.06 bits per heavy atom. The fraction of sp³-hybridized carbons (Fsp3) is 0.385. The van der Waals surface area contributed by atoms with Gasteiger partial charge in [-0.25, -0.2) is 9.67 Å². The van der Waals surface area contributed by atoms with Crippen LogP contribution >= 0.6 is 0 Å². The van der Waals surface area contributed by atoms with Gasteiger partial charge in [0.25, 0.3) is 0 Å². The summed E-state index contributed by atoms with van der Waals surface area (Å²) in [5.74, 6) is 2.18. The Morgan fingerprint density at radius 3 is 2.67 bits per heavy atom. The third-order valence-corrected chi connectivity index (χ3v) is 2.81. The van der Waals surface area contributed by atoms with Crippen LogP contribution in [0.3, 0.4) is 0 Å². The fourth-order valence-corrected chi connectivity index (χ4v) is 1.94. The van der Waals surface area contributed by atoms with Gasteiger partial charge in [0.15, 0.2) is 0 Å². The van der Waals surface area contributed by atoms with Gasteiger partial charge in [0.2, 0.25) is 0 Å². The van der Waals surface area contributed by atoms with Crippen molar-refractivity contribution in [2.24, 2.45) is 0 Å². The number of aliphatic hydroxyl groups is 1. The Bertz CT molecular complexity index is 537. The Kier molecular flexibility index (Phi) is 3.62. The lowest BCUT2D eigenvalue weighted by Crippen LogP contribution is -2.12. The molecule has 18 heavy (non-hydrogen) atoms. The molecule has 1 N–H and O–H groups in total. The molecule has 5 heteroatoms. The van der Waals surface area contributed by atoms with Gasteiger partial charge >= 0.3 is 0 Å². The quantitative estimate of drug-likeness (QED) is 0.892. The summed E-state index contributed by atoms with van der Waals surface area (Å²) in [4.78, 5) is 4.21. The third kappa shape index (κ3) is 2.51. The molecule has 0 aliphatic heterocycles. The normalized spacial score (nSPS) is 12.4. The summed E-state index contributed by atoms with van der Waals surface area (Å²) in [5.41, 5.74) is 0.757. The highest BCUT2D eigenvalue weighted by atomic mass is 16.5. The smallest absolute Gasteiger partial charge is 0.147 e. The zero-order valence-corrected chi connectivity index (χ0v) is 10.8. The lowest BCUT2D eigenvalue weighted by atomic mass is 10.1. The van der Waals surface area contributed by atoms with Crippen LogP contribution in [0.4, 0.5) is 0 Å². The van der Waals surface area contributed by atoms with E-state index in [1.54, 1.807) is 11.8 Å². The number of rotatable bonds is 4. The van der Waals surface area contributed by atoms with E-state index in [0.717, 1.165) is 11.4 Å². The zero-order valence-electron chi connectivity index (χ0n) is 10.8. The molecule has 2 rings (SSSR count). The SMILES string of the molecule is COc1ccccc1C(O)Cn1nc(C)nc1C. The molecule has 0 saturated carbocycles. The van der Waals surface area contributed by atoms with Gasteiger partial charge in [-0.3, -0.25) is 0 Å². The largest absolute Gasteiger partial charge is 0.496 e. The van der Waals surface area contributed by atoms with Crippen molar-refractivity contribution in [3.8, 4) is 5.75 Å². The first-order valence-corrected chi connectivity index (χ1v) is 5.81. The monoisotopic (exact) mass is 247 g/mol. The van der Waals surface area contributed by atoms with E-state index in [1.807, 2.05) is 38.1 Å². The molecule has 1 heterocycles. The maximum absolute atomic E-state index is 10.3. The Hall–Kier alpha value is -1.88. The number of aliphatic hydroxyl groups excluding tert-OH is 1. The van der Waals surface area contributed by atoms with E-state index >= 15 is 0 Å². The highest BCUT2D eigenvalue weighted by molar-refractivity contribution is 5.34. The van der Waals surface area contributed by atoms with Crippen molar-refractivity contribution >= 4 is 0 Å². The molecule has 0 saturated heterocycles. The number of aromatic nitrogens is 3. The first-order chi connectivity index (χ1) is 8.61. The van der Waals surface area contributed by atoms with Crippen molar-refractivity contribution in [2.75, 3.05) is 7.11 Å². The van der Waals surface area contributed by atoms with Crippen LogP contribution in [0.15, 0.2) is 24.3 Å². The molecule has 0 radical (unpaired) electrons. The predicted octanol–water partition coefficient (Wildman–Crippen LogP) is 1.64. The lowest BCUT2D eigenvalue weighted by Gasteiger charge is -2.15. The summed E-state index contributed by atoms with van der Waals surface area (Å²) >= 11 is 0. The highest BCUT2D eigenvalue weighted by Crippen LogP contribution is 2.25. The van der Waals surface area contributed by atoms with E-state index in [0.29, 0.717) is 18.1 Å². The van der Waals surface area contributed by atoms with Crippen LogP contribution in [0.5, 0.6) is 5.75 Å².